The number of nitrogens with one attached hydrogen (secondary N) is 1. The first-order valence-corrected chi connectivity index (χ1v) is 18.8. The highest BCUT2D eigenvalue weighted by atomic mass is 19.4. The van der Waals surface area contributed by atoms with Gasteiger partial charge < -0.3 is 29.5 Å². The van der Waals surface area contributed by atoms with E-state index >= 15 is 0 Å². The molecule has 7 rings (SSSR count). The van der Waals surface area contributed by atoms with Crippen LogP contribution in [0.5, 0.6) is 11.5 Å². The Labute approximate surface area is 342 Å². The van der Waals surface area contributed by atoms with E-state index in [-0.39, 0.29) is 36.7 Å². The number of hydrogen-bond acceptors (Lipinski definition) is 6. The number of methoxy groups -OCH3 is 2. The number of nitrogens with zero attached hydrogens (tertiary/aromatic N) is 1. The van der Waals surface area contributed by atoms with Gasteiger partial charge in [0.15, 0.2) is 11.2 Å². The number of benzene rings is 4. The standard InChI is InChI=1S/C22H23F4NO3.C14H16F4O2.C8H7NO/c1-20(2,16-11-15(23)8-9-18(16)30-3)12-21(29,22(24,25)26)13-27-17-7-5-4-6-14(17)10-19(27)28;1-12(2,7-13(8-20-13)14(16,17)18)10-6-9(15)4-5-11(10)19-3;10-8-5-6-3-1-2-4-7(6)9-8/h4-9,11,29H,10,12-13H2,1-3H3;4-6H,7-8H2,1-3H3;1-4H,5H2,(H,9,10). The molecular weight excluding hydrogens is 804 g/mol. The van der Waals surface area contributed by atoms with Crippen LogP contribution in [-0.2, 0) is 38.0 Å². The monoisotopic (exact) mass is 850 g/mol. The van der Waals surface area contributed by atoms with E-state index < -0.39 is 64.9 Å². The topological polar surface area (TPSA) is 101 Å². The first-order valence-electron chi connectivity index (χ1n) is 18.8. The van der Waals surface area contributed by atoms with Crippen LogP contribution in [0.15, 0.2) is 84.9 Å². The molecule has 3 aliphatic heterocycles. The zero-order valence-electron chi connectivity index (χ0n) is 33.8. The lowest BCUT2D eigenvalue weighted by Crippen LogP contribution is -2.57. The fourth-order valence-corrected chi connectivity index (χ4v) is 7.67. The Hall–Kier alpha value is -5.22. The first kappa shape index (κ1) is 45.9. The van der Waals surface area contributed by atoms with Gasteiger partial charge in [-0.25, -0.2) is 8.78 Å². The highest BCUT2D eigenvalue weighted by molar-refractivity contribution is 6.01. The van der Waals surface area contributed by atoms with E-state index in [1.165, 1.54) is 52.3 Å². The molecule has 2 amide bonds. The molecule has 3 aliphatic rings. The minimum atomic E-state index is -5.03. The number of fused-ring (bicyclic) bond motifs is 2. The fraction of sp³-hybridized carbons (Fsp3) is 0.409. The van der Waals surface area contributed by atoms with Gasteiger partial charge >= 0.3 is 12.4 Å². The van der Waals surface area contributed by atoms with Crippen molar-refractivity contribution in [1.82, 2.24) is 0 Å². The number of para-hydroxylation sites is 2. The summed E-state index contributed by atoms with van der Waals surface area (Å²) < 4.78 is 123. The van der Waals surface area contributed by atoms with Crippen LogP contribution in [0.1, 0.15) is 62.8 Å². The van der Waals surface area contributed by atoms with Crippen LogP contribution in [0.3, 0.4) is 0 Å². The Balaban J connectivity index is 0.000000193. The molecule has 8 nitrogen and oxygen atoms in total. The van der Waals surface area contributed by atoms with Crippen LogP contribution in [-0.4, -0.2) is 67.8 Å². The molecule has 2 atom stereocenters. The average Bonchev–Trinajstić information content (AvgIpc) is 3.75. The second-order valence-electron chi connectivity index (χ2n) is 16.3. The predicted octanol–water partition coefficient (Wildman–Crippen LogP) is 9.40. The summed E-state index contributed by atoms with van der Waals surface area (Å²) in [4.78, 5) is 24.2. The van der Waals surface area contributed by atoms with Gasteiger partial charge in [-0.15, -0.1) is 0 Å². The molecule has 4 aromatic rings. The summed E-state index contributed by atoms with van der Waals surface area (Å²) in [5.41, 5.74) is -3.96. The van der Waals surface area contributed by atoms with E-state index in [4.69, 9.17) is 9.47 Å². The quantitative estimate of drug-likeness (QED) is 0.122. The van der Waals surface area contributed by atoms with Crippen LogP contribution < -0.4 is 19.7 Å². The smallest absolute Gasteiger partial charge is 0.419 e. The number of carbonyl (C=O) groups is 2. The zero-order valence-corrected chi connectivity index (χ0v) is 33.8. The number of alkyl halides is 6. The molecule has 16 heteroatoms. The number of β-amino-alcohol motifs (C(OH)–C–C–N with tert-alkyl or cyclic N) is 1. The van der Waals surface area contributed by atoms with Crippen LogP contribution in [0.2, 0.25) is 0 Å². The second-order valence-corrected chi connectivity index (χ2v) is 16.3. The summed E-state index contributed by atoms with van der Waals surface area (Å²) in [5, 5.41) is 13.6. The number of amides is 2. The van der Waals surface area contributed by atoms with E-state index in [1.807, 2.05) is 24.3 Å². The summed E-state index contributed by atoms with van der Waals surface area (Å²) in [6.07, 6.45) is -10.0. The number of hydrogen-bond donors (Lipinski definition) is 2. The lowest BCUT2D eigenvalue weighted by Gasteiger charge is -2.40. The number of aliphatic hydroxyl groups is 1. The van der Waals surface area contributed by atoms with Crippen molar-refractivity contribution < 1.29 is 64.0 Å². The van der Waals surface area contributed by atoms with Crippen molar-refractivity contribution in [2.75, 3.05) is 37.6 Å². The fourth-order valence-electron chi connectivity index (χ4n) is 7.67. The molecule has 324 valence electrons. The van der Waals surface area contributed by atoms with Crippen molar-refractivity contribution in [3.05, 3.63) is 119 Å². The van der Waals surface area contributed by atoms with E-state index in [1.54, 1.807) is 38.1 Å². The van der Waals surface area contributed by atoms with Crippen LogP contribution in [0, 0.1) is 11.6 Å². The van der Waals surface area contributed by atoms with Crippen molar-refractivity contribution in [3.63, 3.8) is 0 Å². The van der Waals surface area contributed by atoms with Gasteiger partial charge in [-0.2, -0.15) is 26.3 Å². The molecule has 2 N–H and O–H groups in total. The third kappa shape index (κ3) is 10.0. The van der Waals surface area contributed by atoms with E-state index in [9.17, 15) is 49.8 Å². The van der Waals surface area contributed by atoms with Gasteiger partial charge in [-0.05, 0) is 83.3 Å². The lowest BCUT2D eigenvalue weighted by atomic mass is 9.74. The summed E-state index contributed by atoms with van der Waals surface area (Å²) >= 11 is 0. The molecule has 1 saturated heterocycles. The zero-order chi connectivity index (χ0) is 44.5. The Bertz CT molecular complexity index is 2170. The van der Waals surface area contributed by atoms with Gasteiger partial charge in [0.1, 0.15) is 23.1 Å². The minimum absolute atomic E-state index is 0.0226. The number of carbonyl (C=O) groups excluding carboxylic acids is 2. The predicted molar refractivity (Wildman–Crippen MR) is 208 cm³/mol. The SMILES string of the molecule is COc1ccc(F)cc1C(C)(C)CC(O)(CN1C(=O)Cc2ccccc21)C(F)(F)F.COc1ccc(F)cc1C(C)(C)CC1(C(F)(F)F)CO1.O=C1Cc2ccccc2N1. The Morgan fingerprint density at radius 2 is 1.27 bits per heavy atom. The Kier molecular flexibility index (Phi) is 13.0. The molecule has 1 fully saturated rings. The summed E-state index contributed by atoms with van der Waals surface area (Å²) in [6, 6.07) is 21.7. The van der Waals surface area contributed by atoms with Crippen molar-refractivity contribution in [1.29, 1.82) is 0 Å². The molecule has 60 heavy (non-hydrogen) atoms. The van der Waals surface area contributed by atoms with Crippen LogP contribution in [0.4, 0.5) is 46.5 Å². The molecule has 3 heterocycles. The average molecular weight is 851 g/mol. The maximum Gasteiger partial charge on any atom is 0.419 e. The van der Waals surface area contributed by atoms with Gasteiger partial charge in [-0.1, -0.05) is 64.1 Å². The van der Waals surface area contributed by atoms with Gasteiger partial charge in [0.25, 0.3) is 0 Å². The summed E-state index contributed by atoms with van der Waals surface area (Å²) in [5.74, 6) is -0.964. The van der Waals surface area contributed by atoms with E-state index in [2.05, 4.69) is 10.1 Å². The molecule has 4 aromatic carbocycles. The highest BCUT2D eigenvalue weighted by Crippen LogP contribution is 2.52. The molecule has 0 saturated carbocycles. The molecule has 0 spiro atoms. The minimum Gasteiger partial charge on any atom is -0.496 e. The van der Waals surface area contributed by atoms with Gasteiger partial charge in [-0.3, -0.25) is 9.59 Å². The number of halogens is 8. The molecule has 0 bridgehead atoms. The number of anilines is 2. The molecular formula is C44H46F8N2O6. The van der Waals surface area contributed by atoms with Gasteiger partial charge in [0, 0.05) is 22.5 Å². The number of epoxide rings is 1. The molecule has 0 aromatic heterocycles. The van der Waals surface area contributed by atoms with Crippen molar-refractivity contribution in [2.24, 2.45) is 0 Å². The van der Waals surface area contributed by atoms with Crippen LogP contribution >= 0.6 is 0 Å². The van der Waals surface area contributed by atoms with Crippen LogP contribution in [0.25, 0.3) is 0 Å². The first-order chi connectivity index (χ1) is 27.8. The lowest BCUT2D eigenvalue weighted by molar-refractivity contribution is -0.262. The van der Waals surface area contributed by atoms with Crippen molar-refractivity contribution >= 4 is 23.2 Å². The summed E-state index contributed by atoms with van der Waals surface area (Å²) in [6.45, 7) is 4.89. The molecule has 0 aliphatic carbocycles. The number of rotatable bonds is 10. The van der Waals surface area contributed by atoms with Crippen molar-refractivity contribution in [2.45, 2.75) is 87.8 Å². The largest absolute Gasteiger partial charge is 0.496 e. The van der Waals surface area contributed by atoms with Gasteiger partial charge in [0.05, 0.1) is 40.2 Å². The molecule has 2 unspecified atom stereocenters. The maximum absolute atomic E-state index is 14.1. The molecule has 0 radical (unpaired) electrons. The second kappa shape index (κ2) is 17.0. The number of ether oxygens (including phenoxy) is 3. The third-order valence-corrected chi connectivity index (χ3v) is 10.8. The van der Waals surface area contributed by atoms with E-state index in [0.29, 0.717) is 29.0 Å². The third-order valence-electron chi connectivity index (χ3n) is 10.8. The summed E-state index contributed by atoms with van der Waals surface area (Å²) in [7, 11) is 2.74. The Morgan fingerprint density at radius 3 is 1.77 bits per heavy atom. The Morgan fingerprint density at radius 1 is 0.750 bits per heavy atom. The van der Waals surface area contributed by atoms with E-state index in [0.717, 1.165) is 28.3 Å². The highest BCUT2D eigenvalue weighted by Gasteiger charge is 2.67. The van der Waals surface area contributed by atoms with Crippen molar-refractivity contribution in [3.8, 4) is 11.5 Å². The van der Waals surface area contributed by atoms with Gasteiger partial charge in [0.2, 0.25) is 11.8 Å². The normalized spacial score (nSPS) is 18.2. The maximum atomic E-state index is 14.1.